The monoisotopic (exact) mass is 631 g/mol. The summed E-state index contributed by atoms with van der Waals surface area (Å²) in [6.07, 6.45) is -1.70. The summed E-state index contributed by atoms with van der Waals surface area (Å²) in [5.41, 5.74) is 7.25. The van der Waals surface area contributed by atoms with Crippen molar-refractivity contribution in [1.29, 1.82) is 0 Å². The number of benzene rings is 3. The maximum Gasteiger partial charge on any atom is 0.338 e. The lowest BCUT2D eigenvalue weighted by Gasteiger charge is -2.19. The first kappa shape index (κ1) is 29.2. The molecule has 222 valence electrons. The van der Waals surface area contributed by atoms with Gasteiger partial charge in [0.2, 0.25) is 0 Å². The molecule has 3 heterocycles. The number of fused-ring (bicyclic) bond motifs is 1. The lowest BCUT2D eigenvalue weighted by atomic mass is 10.1. The second-order valence-corrected chi connectivity index (χ2v) is 10.7. The number of carbonyl (C=O) groups excluding carboxylic acids is 2. The molecule has 3 atom stereocenters. The highest BCUT2D eigenvalue weighted by Gasteiger charge is 2.41. The number of aromatic nitrogens is 4. The Hall–Kier alpha value is -4.84. The lowest BCUT2D eigenvalue weighted by molar-refractivity contribution is -0.0570. The smallest absolute Gasteiger partial charge is 0.338 e. The van der Waals surface area contributed by atoms with Gasteiger partial charge in [0.15, 0.2) is 17.3 Å². The summed E-state index contributed by atoms with van der Waals surface area (Å²) in [7, 11) is 0. The number of halogens is 2. The number of esters is 2. The van der Waals surface area contributed by atoms with Crippen LogP contribution in [-0.2, 0) is 14.2 Å². The summed E-state index contributed by atoms with van der Waals surface area (Å²) in [5.74, 6) is -0.917. The van der Waals surface area contributed by atoms with Crippen LogP contribution >= 0.6 is 23.2 Å². The van der Waals surface area contributed by atoms with Crippen molar-refractivity contribution in [1.82, 2.24) is 19.5 Å². The van der Waals surface area contributed by atoms with Gasteiger partial charge in [0.05, 0.1) is 17.3 Å². The molecule has 1 aliphatic rings. The zero-order chi connectivity index (χ0) is 30.8. The minimum atomic E-state index is -0.979. The number of nitrogens with two attached hydrogens (primary N) is 1. The Morgan fingerprint density at radius 3 is 2.20 bits per heavy atom. The molecule has 0 bridgehead atoms. The van der Waals surface area contributed by atoms with Crippen molar-refractivity contribution in [3.8, 4) is 11.4 Å². The van der Waals surface area contributed by atoms with E-state index in [1.807, 2.05) is 30.3 Å². The average molecular weight is 632 g/mol. The van der Waals surface area contributed by atoms with Crippen LogP contribution in [0.25, 0.3) is 22.6 Å². The van der Waals surface area contributed by atoms with E-state index >= 15 is 0 Å². The number of hydrogen-bond donors (Lipinski definition) is 1. The Morgan fingerprint density at radius 1 is 0.909 bits per heavy atom. The highest BCUT2D eigenvalue weighted by Crippen LogP contribution is 2.33. The number of carbonyl (C=O) groups is 2. The molecule has 0 aliphatic carbocycles. The molecular formula is C31H23Cl2N5O6. The van der Waals surface area contributed by atoms with Crippen LogP contribution in [0.4, 0.5) is 5.82 Å². The molecule has 0 amide bonds. The molecule has 1 saturated heterocycles. The molecule has 0 saturated carbocycles. The number of hydrogen-bond acceptors (Lipinski definition) is 10. The van der Waals surface area contributed by atoms with Crippen LogP contribution in [0, 0.1) is 0 Å². The van der Waals surface area contributed by atoms with Gasteiger partial charge < -0.3 is 19.9 Å². The van der Waals surface area contributed by atoms with Crippen LogP contribution in [0.15, 0.2) is 89.9 Å². The third-order valence-electron chi connectivity index (χ3n) is 6.96. The van der Waals surface area contributed by atoms with E-state index in [1.165, 1.54) is 28.8 Å². The van der Waals surface area contributed by atoms with Crippen LogP contribution in [0.3, 0.4) is 0 Å². The summed E-state index contributed by atoms with van der Waals surface area (Å²) in [6.45, 7) is -0.277. The van der Waals surface area contributed by atoms with Crippen molar-refractivity contribution in [2.75, 3.05) is 12.3 Å². The van der Waals surface area contributed by atoms with E-state index in [0.717, 1.165) is 6.20 Å². The highest BCUT2D eigenvalue weighted by atomic mass is 35.5. The van der Waals surface area contributed by atoms with Crippen molar-refractivity contribution in [2.24, 2.45) is 0 Å². The van der Waals surface area contributed by atoms with Crippen molar-refractivity contribution >= 4 is 52.1 Å². The van der Waals surface area contributed by atoms with E-state index in [0.29, 0.717) is 15.6 Å². The number of nitrogens with zero attached hydrogens (tertiary/aromatic N) is 4. The fraction of sp³-hybridized carbons (Fsp3) is 0.161. The predicted molar refractivity (Wildman–Crippen MR) is 162 cm³/mol. The van der Waals surface area contributed by atoms with Crippen molar-refractivity contribution in [3.63, 3.8) is 0 Å². The highest BCUT2D eigenvalue weighted by molar-refractivity contribution is 6.31. The number of anilines is 1. The zero-order valence-corrected chi connectivity index (χ0v) is 24.3. The Labute approximate surface area is 260 Å². The third kappa shape index (κ3) is 6.11. The molecule has 6 rings (SSSR count). The predicted octanol–water partition coefficient (Wildman–Crippen LogP) is 5.11. The van der Waals surface area contributed by atoms with Crippen molar-refractivity contribution in [3.05, 3.63) is 117 Å². The van der Waals surface area contributed by atoms with Crippen LogP contribution in [0.5, 0.6) is 0 Å². The first-order valence-electron chi connectivity index (χ1n) is 13.4. The van der Waals surface area contributed by atoms with Gasteiger partial charge in [-0.25, -0.2) is 24.5 Å². The molecule has 5 aromatic rings. The third-order valence-corrected chi connectivity index (χ3v) is 7.46. The SMILES string of the molecule is Nc1nc(-c2ccccc2)nc2c1ncc(=O)n2[C@H]1C[C@H](OC(=O)c2ccc(Cl)cc2)[C@@H](COC(=O)c2ccc(Cl)cc2)O1. The van der Waals surface area contributed by atoms with Crippen molar-refractivity contribution in [2.45, 2.75) is 24.9 Å². The maximum absolute atomic E-state index is 13.2. The molecule has 44 heavy (non-hydrogen) atoms. The second-order valence-electron chi connectivity index (χ2n) is 9.86. The average Bonchev–Trinajstić information content (AvgIpc) is 3.42. The van der Waals surface area contributed by atoms with Gasteiger partial charge in [0.1, 0.15) is 30.6 Å². The minimum absolute atomic E-state index is 0.0338. The molecule has 0 spiro atoms. The van der Waals surface area contributed by atoms with Gasteiger partial charge in [-0.15, -0.1) is 0 Å². The normalized spacial score (nSPS) is 17.8. The fourth-order valence-corrected chi connectivity index (χ4v) is 5.04. The standard InChI is InChI=1S/C31H23Cl2N5O6/c32-20-10-6-18(7-11-20)30(40)42-16-23-22(44-31(41)19-8-12-21(33)13-9-19)14-25(43-23)38-24(39)15-35-26-27(34)36-28(37-29(26)38)17-4-2-1-3-5-17/h1-13,15,22-23,25H,14,16H2,(H2,34,36,37)/t22-,23+,25+/m0/s1. The maximum atomic E-state index is 13.2. The van der Waals surface area contributed by atoms with E-state index < -0.39 is 35.9 Å². The summed E-state index contributed by atoms with van der Waals surface area (Å²) in [6, 6.07) is 21.5. The molecule has 2 N–H and O–H groups in total. The van der Waals surface area contributed by atoms with Gasteiger partial charge in [-0.2, -0.15) is 0 Å². The van der Waals surface area contributed by atoms with Gasteiger partial charge in [0.25, 0.3) is 5.56 Å². The molecule has 11 nitrogen and oxygen atoms in total. The van der Waals surface area contributed by atoms with E-state index in [-0.39, 0.29) is 47.0 Å². The Balaban J connectivity index is 1.33. The zero-order valence-electron chi connectivity index (χ0n) is 22.8. The molecule has 1 aliphatic heterocycles. The molecule has 3 aromatic carbocycles. The first-order chi connectivity index (χ1) is 21.3. The molecular weight excluding hydrogens is 609 g/mol. The topological polar surface area (TPSA) is 149 Å². The molecule has 0 unspecified atom stereocenters. The van der Waals surface area contributed by atoms with E-state index in [1.54, 1.807) is 24.3 Å². The van der Waals surface area contributed by atoms with Crippen molar-refractivity contribution < 1.29 is 23.8 Å². The van der Waals surface area contributed by atoms with Crippen LogP contribution < -0.4 is 11.3 Å². The van der Waals surface area contributed by atoms with Gasteiger partial charge in [-0.05, 0) is 48.5 Å². The van der Waals surface area contributed by atoms with Gasteiger partial charge in [-0.3, -0.25) is 9.36 Å². The number of nitrogen functional groups attached to an aromatic ring is 1. The van der Waals surface area contributed by atoms with E-state index in [4.69, 9.17) is 43.1 Å². The Kier molecular flexibility index (Phi) is 8.25. The van der Waals surface area contributed by atoms with Gasteiger partial charge >= 0.3 is 11.9 Å². The largest absolute Gasteiger partial charge is 0.459 e. The number of rotatable bonds is 7. The molecule has 2 aromatic heterocycles. The fourth-order valence-electron chi connectivity index (χ4n) is 4.78. The van der Waals surface area contributed by atoms with Crippen LogP contribution in [0.2, 0.25) is 10.0 Å². The summed E-state index contributed by atoms with van der Waals surface area (Å²) in [5, 5.41) is 0.922. The minimum Gasteiger partial charge on any atom is -0.459 e. The quantitative estimate of drug-likeness (QED) is 0.240. The Morgan fingerprint density at radius 2 is 1.55 bits per heavy atom. The van der Waals surface area contributed by atoms with Crippen LogP contribution in [-0.4, -0.2) is 50.3 Å². The lowest BCUT2D eigenvalue weighted by Crippen LogP contribution is -2.32. The summed E-state index contributed by atoms with van der Waals surface area (Å²) < 4.78 is 18.9. The van der Waals surface area contributed by atoms with Gasteiger partial charge in [0, 0.05) is 22.0 Å². The Bertz CT molecular complexity index is 1900. The molecule has 0 radical (unpaired) electrons. The summed E-state index contributed by atoms with van der Waals surface area (Å²) >= 11 is 11.9. The summed E-state index contributed by atoms with van der Waals surface area (Å²) in [4.78, 5) is 52.2. The van der Waals surface area contributed by atoms with Crippen LogP contribution in [0.1, 0.15) is 33.4 Å². The van der Waals surface area contributed by atoms with E-state index in [2.05, 4.69) is 15.0 Å². The van der Waals surface area contributed by atoms with E-state index in [9.17, 15) is 14.4 Å². The second kappa shape index (κ2) is 12.4. The van der Waals surface area contributed by atoms with Gasteiger partial charge in [-0.1, -0.05) is 53.5 Å². The first-order valence-corrected chi connectivity index (χ1v) is 14.2. The number of ether oxygens (including phenoxy) is 3. The molecule has 13 heteroatoms. The molecule has 1 fully saturated rings.